The molecule has 0 aliphatic heterocycles. The van der Waals surface area contributed by atoms with Gasteiger partial charge in [-0.15, -0.1) is 0 Å². The van der Waals surface area contributed by atoms with Crippen LogP contribution >= 0.6 is 15.9 Å². The number of hydrogen-bond donors (Lipinski definition) is 0. The maximum absolute atomic E-state index is 13.5. The molecule has 0 unspecified atom stereocenters. The third-order valence-corrected chi connectivity index (χ3v) is 6.13. The Kier molecular flexibility index (Phi) is 6.24. The highest BCUT2D eigenvalue weighted by Crippen LogP contribution is 2.34. The quantitative estimate of drug-likeness (QED) is 0.316. The van der Waals surface area contributed by atoms with Crippen LogP contribution in [0.15, 0.2) is 75.0 Å². The lowest BCUT2D eigenvalue weighted by molar-refractivity contribution is 0.407. The Morgan fingerprint density at radius 3 is 2.53 bits per heavy atom. The standard InChI is InChI=1S/C26H24BrN3O2/c1-16(2)20-14-21(17(3)13-24(20)32-4)25-29-23-12-8-6-10-19(23)26(31)30(25)28-15-18-9-5-7-11-22(18)27/h5-16H,1-4H3. The fraction of sp³-hybridized carbons (Fsp3) is 0.192. The predicted molar refractivity (Wildman–Crippen MR) is 134 cm³/mol. The molecule has 6 heteroatoms. The minimum Gasteiger partial charge on any atom is -0.496 e. The lowest BCUT2D eigenvalue weighted by Crippen LogP contribution is -2.20. The Hall–Kier alpha value is -3.25. The van der Waals surface area contributed by atoms with Crippen molar-refractivity contribution in [3.63, 3.8) is 0 Å². The number of hydrogen-bond acceptors (Lipinski definition) is 4. The van der Waals surface area contributed by atoms with Crippen molar-refractivity contribution in [3.8, 4) is 17.1 Å². The molecule has 1 heterocycles. The van der Waals surface area contributed by atoms with E-state index in [2.05, 4.69) is 40.9 Å². The first kappa shape index (κ1) is 22.0. The number of aromatic nitrogens is 2. The Bertz CT molecular complexity index is 1390. The van der Waals surface area contributed by atoms with Gasteiger partial charge in [0.1, 0.15) is 5.75 Å². The van der Waals surface area contributed by atoms with Crippen molar-refractivity contribution >= 4 is 33.0 Å². The molecule has 0 spiro atoms. The molecule has 0 aliphatic rings. The van der Waals surface area contributed by atoms with Crippen molar-refractivity contribution in [3.05, 3.63) is 92.2 Å². The number of halogens is 1. The Morgan fingerprint density at radius 1 is 1.09 bits per heavy atom. The first-order chi connectivity index (χ1) is 15.4. The van der Waals surface area contributed by atoms with Crippen LogP contribution in [0.2, 0.25) is 0 Å². The minimum absolute atomic E-state index is 0.213. The number of fused-ring (bicyclic) bond motifs is 1. The van der Waals surface area contributed by atoms with E-state index in [0.717, 1.165) is 32.5 Å². The molecule has 0 N–H and O–H groups in total. The van der Waals surface area contributed by atoms with E-state index in [1.54, 1.807) is 19.4 Å². The second kappa shape index (κ2) is 9.09. The highest BCUT2D eigenvalue weighted by molar-refractivity contribution is 9.10. The van der Waals surface area contributed by atoms with E-state index in [9.17, 15) is 4.79 Å². The predicted octanol–water partition coefficient (Wildman–Crippen LogP) is 6.15. The first-order valence-corrected chi connectivity index (χ1v) is 11.2. The molecular weight excluding hydrogens is 466 g/mol. The van der Waals surface area contributed by atoms with Gasteiger partial charge in [0.15, 0.2) is 5.82 Å². The van der Waals surface area contributed by atoms with Crippen molar-refractivity contribution in [2.45, 2.75) is 26.7 Å². The van der Waals surface area contributed by atoms with Gasteiger partial charge in [0.05, 0.1) is 24.2 Å². The van der Waals surface area contributed by atoms with Gasteiger partial charge in [-0.3, -0.25) is 4.79 Å². The lowest BCUT2D eigenvalue weighted by atomic mass is 9.96. The van der Waals surface area contributed by atoms with Crippen molar-refractivity contribution in [1.29, 1.82) is 0 Å². The maximum Gasteiger partial charge on any atom is 0.282 e. The number of aryl methyl sites for hydroxylation is 1. The summed E-state index contributed by atoms with van der Waals surface area (Å²) >= 11 is 3.54. The third-order valence-electron chi connectivity index (χ3n) is 5.41. The van der Waals surface area contributed by atoms with Gasteiger partial charge in [-0.2, -0.15) is 9.78 Å². The molecule has 0 saturated heterocycles. The number of rotatable bonds is 5. The SMILES string of the molecule is COc1cc(C)c(-c2nc3ccccc3c(=O)n2N=Cc2ccccc2Br)cc1C(C)C. The van der Waals surface area contributed by atoms with E-state index in [4.69, 9.17) is 9.72 Å². The summed E-state index contributed by atoms with van der Waals surface area (Å²) < 4.78 is 7.88. The van der Waals surface area contributed by atoms with Gasteiger partial charge in [-0.25, -0.2) is 4.98 Å². The van der Waals surface area contributed by atoms with Crippen LogP contribution in [0.25, 0.3) is 22.3 Å². The van der Waals surface area contributed by atoms with Gasteiger partial charge < -0.3 is 4.74 Å². The molecule has 0 saturated carbocycles. The van der Waals surface area contributed by atoms with Crippen LogP contribution in [-0.4, -0.2) is 23.0 Å². The van der Waals surface area contributed by atoms with E-state index in [1.807, 2.05) is 55.5 Å². The topological polar surface area (TPSA) is 56.5 Å². The summed E-state index contributed by atoms with van der Waals surface area (Å²) in [6.07, 6.45) is 1.67. The van der Waals surface area contributed by atoms with Gasteiger partial charge in [0.2, 0.25) is 0 Å². The molecule has 0 atom stereocenters. The van der Waals surface area contributed by atoms with Crippen molar-refractivity contribution in [1.82, 2.24) is 9.66 Å². The van der Waals surface area contributed by atoms with Crippen molar-refractivity contribution in [2.24, 2.45) is 5.10 Å². The van der Waals surface area contributed by atoms with Crippen LogP contribution in [-0.2, 0) is 0 Å². The van der Waals surface area contributed by atoms with E-state index < -0.39 is 0 Å². The number of ether oxygens (including phenoxy) is 1. The van der Waals surface area contributed by atoms with Gasteiger partial charge in [-0.1, -0.05) is 60.1 Å². The maximum atomic E-state index is 13.5. The van der Waals surface area contributed by atoms with Gasteiger partial charge >= 0.3 is 0 Å². The van der Waals surface area contributed by atoms with Crippen LogP contribution in [0.4, 0.5) is 0 Å². The van der Waals surface area contributed by atoms with Crippen LogP contribution < -0.4 is 10.3 Å². The molecule has 0 bridgehead atoms. The Balaban J connectivity index is 2.01. The van der Waals surface area contributed by atoms with Crippen LogP contribution in [0, 0.1) is 6.92 Å². The van der Waals surface area contributed by atoms with Gasteiger partial charge in [0.25, 0.3) is 5.56 Å². The average Bonchev–Trinajstić information content (AvgIpc) is 2.79. The summed E-state index contributed by atoms with van der Waals surface area (Å²) in [7, 11) is 1.67. The molecule has 0 amide bonds. The zero-order chi connectivity index (χ0) is 22.8. The molecular formula is C26H24BrN3O2. The minimum atomic E-state index is -0.213. The number of benzene rings is 3. The Labute approximate surface area is 195 Å². The fourth-order valence-electron chi connectivity index (χ4n) is 3.67. The van der Waals surface area contributed by atoms with Crippen LogP contribution in [0.1, 0.15) is 36.5 Å². The zero-order valence-corrected chi connectivity index (χ0v) is 20.1. The molecule has 0 fully saturated rings. The molecule has 162 valence electrons. The molecule has 4 rings (SSSR count). The molecule has 0 aliphatic carbocycles. The summed E-state index contributed by atoms with van der Waals surface area (Å²) in [6.45, 7) is 6.22. The fourth-order valence-corrected chi connectivity index (χ4v) is 4.06. The second-order valence-corrected chi connectivity index (χ2v) is 8.75. The summed E-state index contributed by atoms with van der Waals surface area (Å²) in [5.41, 5.74) is 4.15. The summed E-state index contributed by atoms with van der Waals surface area (Å²) in [5, 5.41) is 5.10. The molecule has 4 aromatic rings. The first-order valence-electron chi connectivity index (χ1n) is 10.4. The summed E-state index contributed by atoms with van der Waals surface area (Å²) in [4.78, 5) is 18.3. The highest BCUT2D eigenvalue weighted by atomic mass is 79.9. The van der Waals surface area contributed by atoms with E-state index in [0.29, 0.717) is 16.7 Å². The highest BCUT2D eigenvalue weighted by Gasteiger charge is 2.18. The van der Waals surface area contributed by atoms with E-state index in [-0.39, 0.29) is 11.5 Å². The number of para-hydroxylation sites is 1. The largest absolute Gasteiger partial charge is 0.496 e. The van der Waals surface area contributed by atoms with E-state index in [1.165, 1.54) is 4.68 Å². The van der Waals surface area contributed by atoms with Crippen LogP contribution in [0.5, 0.6) is 5.75 Å². The smallest absolute Gasteiger partial charge is 0.282 e. The molecule has 5 nitrogen and oxygen atoms in total. The molecule has 32 heavy (non-hydrogen) atoms. The van der Waals surface area contributed by atoms with Gasteiger partial charge in [-0.05, 0) is 54.3 Å². The monoisotopic (exact) mass is 489 g/mol. The second-order valence-electron chi connectivity index (χ2n) is 7.90. The number of nitrogens with zero attached hydrogens (tertiary/aromatic N) is 3. The molecule has 3 aromatic carbocycles. The zero-order valence-electron chi connectivity index (χ0n) is 18.5. The van der Waals surface area contributed by atoms with Crippen molar-refractivity contribution < 1.29 is 4.74 Å². The lowest BCUT2D eigenvalue weighted by Gasteiger charge is -2.17. The van der Waals surface area contributed by atoms with Crippen LogP contribution in [0.3, 0.4) is 0 Å². The third kappa shape index (κ3) is 4.10. The molecule has 1 aromatic heterocycles. The van der Waals surface area contributed by atoms with Gasteiger partial charge in [0, 0.05) is 15.6 Å². The molecule has 0 radical (unpaired) electrons. The number of methoxy groups -OCH3 is 1. The normalized spacial score (nSPS) is 11.6. The summed E-state index contributed by atoms with van der Waals surface area (Å²) in [5.74, 6) is 1.57. The van der Waals surface area contributed by atoms with E-state index >= 15 is 0 Å². The average molecular weight is 490 g/mol. The van der Waals surface area contributed by atoms with Crippen molar-refractivity contribution in [2.75, 3.05) is 7.11 Å². The summed E-state index contributed by atoms with van der Waals surface area (Å²) in [6, 6.07) is 19.1. The Morgan fingerprint density at radius 2 is 1.81 bits per heavy atom.